The van der Waals surface area contributed by atoms with Crippen molar-refractivity contribution in [1.82, 2.24) is 10.4 Å². The largest absolute Gasteiger partial charge is 0.374 e. The molecule has 1 heterocycles. The van der Waals surface area contributed by atoms with Crippen molar-refractivity contribution in [3.05, 3.63) is 78.5 Å². The van der Waals surface area contributed by atoms with Crippen molar-refractivity contribution in [1.29, 1.82) is 0 Å². The van der Waals surface area contributed by atoms with Gasteiger partial charge in [0.2, 0.25) is 0 Å². The van der Waals surface area contributed by atoms with Gasteiger partial charge < -0.3 is 10.3 Å². The Morgan fingerprint density at radius 3 is 2.70 bits per heavy atom. The van der Waals surface area contributed by atoms with Crippen LogP contribution >= 0.6 is 0 Å². The number of rotatable bonds is 5. The van der Waals surface area contributed by atoms with Crippen molar-refractivity contribution in [3.8, 4) is 0 Å². The molecule has 0 fully saturated rings. The highest BCUT2D eigenvalue weighted by Gasteiger charge is 2.12. The maximum atomic E-state index is 12.3. The van der Waals surface area contributed by atoms with E-state index in [1.807, 2.05) is 67.7 Å². The zero-order chi connectivity index (χ0) is 18.6. The Morgan fingerprint density at radius 1 is 1.04 bits per heavy atom. The first-order chi connectivity index (χ1) is 13.2. The SMILES string of the molecule is C[C@@H](Nc1ccc2ccccc2c1)C(=O)N/N=C/c1c[nH]c2ccccc12. The minimum absolute atomic E-state index is 0.195. The van der Waals surface area contributed by atoms with Gasteiger partial charge in [-0.1, -0.05) is 48.5 Å². The Labute approximate surface area is 157 Å². The van der Waals surface area contributed by atoms with Crippen LogP contribution < -0.4 is 10.7 Å². The van der Waals surface area contributed by atoms with Gasteiger partial charge in [0.25, 0.3) is 5.91 Å². The van der Waals surface area contributed by atoms with E-state index in [4.69, 9.17) is 0 Å². The fourth-order valence-corrected chi connectivity index (χ4v) is 3.06. The van der Waals surface area contributed by atoms with E-state index < -0.39 is 6.04 Å². The molecule has 0 unspecified atom stereocenters. The third-order valence-corrected chi connectivity index (χ3v) is 4.53. The van der Waals surface area contributed by atoms with Crippen LogP contribution in [0.1, 0.15) is 12.5 Å². The molecule has 4 rings (SSSR count). The molecule has 0 bridgehead atoms. The molecule has 1 atom stereocenters. The molecule has 0 saturated carbocycles. The van der Waals surface area contributed by atoms with Crippen molar-refractivity contribution in [2.45, 2.75) is 13.0 Å². The summed E-state index contributed by atoms with van der Waals surface area (Å²) < 4.78 is 0. The third kappa shape index (κ3) is 3.67. The number of aromatic nitrogens is 1. The van der Waals surface area contributed by atoms with Crippen LogP contribution in [-0.4, -0.2) is 23.1 Å². The van der Waals surface area contributed by atoms with Crippen LogP contribution in [0.3, 0.4) is 0 Å². The maximum Gasteiger partial charge on any atom is 0.262 e. The Hall–Kier alpha value is -3.60. The van der Waals surface area contributed by atoms with Crippen molar-refractivity contribution >= 4 is 39.5 Å². The average molecular weight is 356 g/mol. The summed E-state index contributed by atoms with van der Waals surface area (Å²) in [5.41, 5.74) is 5.47. The molecule has 0 radical (unpaired) electrons. The number of aromatic amines is 1. The van der Waals surface area contributed by atoms with Gasteiger partial charge in [0.05, 0.1) is 6.21 Å². The van der Waals surface area contributed by atoms with Gasteiger partial charge in [0, 0.05) is 28.4 Å². The van der Waals surface area contributed by atoms with E-state index in [-0.39, 0.29) is 5.91 Å². The van der Waals surface area contributed by atoms with Gasteiger partial charge in [-0.15, -0.1) is 0 Å². The second-order valence-electron chi connectivity index (χ2n) is 6.45. The third-order valence-electron chi connectivity index (χ3n) is 4.53. The lowest BCUT2D eigenvalue weighted by molar-refractivity contribution is -0.121. The fourth-order valence-electron chi connectivity index (χ4n) is 3.06. The lowest BCUT2D eigenvalue weighted by Crippen LogP contribution is -2.34. The highest BCUT2D eigenvalue weighted by molar-refractivity contribution is 5.99. The highest BCUT2D eigenvalue weighted by atomic mass is 16.2. The number of carbonyl (C=O) groups excluding carboxylic acids is 1. The summed E-state index contributed by atoms with van der Waals surface area (Å²) in [5.74, 6) is -0.195. The van der Waals surface area contributed by atoms with Crippen LogP contribution in [0, 0.1) is 0 Å². The number of nitrogens with zero attached hydrogens (tertiary/aromatic N) is 1. The lowest BCUT2D eigenvalue weighted by Gasteiger charge is -2.14. The van der Waals surface area contributed by atoms with Crippen LogP contribution in [0.2, 0.25) is 0 Å². The molecule has 0 aliphatic rings. The fraction of sp³-hybridized carbons (Fsp3) is 0.0909. The van der Waals surface area contributed by atoms with E-state index in [2.05, 4.69) is 33.0 Å². The van der Waals surface area contributed by atoms with Crippen LogP contribution in [0.4, 0.5) is 5.69 Å². The van der Waals surface area contributed by atoms with E-state index >= 15 is 0 Å². The van der Waals surface area contributed by atoms with Crippen LogP contribution in [0.25, 0.3) is 21.7 Å². The summed E-state index contributed by atoms with van der Waals surface area (Å²) in [5, 5.41) is 10.7. The molecule has 0 saturated heterocycles. The number of para-hydroxylation sites is 1. The van der Waals surface area contributed by atoms with Gasteiger partial charge in [0.15, 0.2) is 0 Å². The summed E-state index contributed by atoms with van der Waals surface area (Å²) in [6.45, 7) is 1.81. The zero-order valence-electron chi connectivity index (χ0n) is 14.9. The molecule has 134 valence electrons. The molecule has 0 spiro atoms. The normalized spacial score (nSPS) is 12.5. The molecule has 3 N–H and O–H groups in total. The van der Waals surface area contributed by atoms with E-state index in [0.717, 1.165) is 27.5 Å². The predicted molar refractivity (Wildman–Crippen MR) is 111 cm³/mol. The number of carbonyl (C=O) groups is 1. The lowest BCUT2D eigenvalue weighted by atomic mass is 10.1. The summed E-state index contributed by atoms with van der Waals surface area (Å²) in [6, 6.07) is 21.7. The molecule has 1 aromatic heterocycles. The number of fused-ring (bicyclic) bond motifs is 2. The van der Waals surface area contributed by atoms with Crippen molar-refractivity contribution in [2.24, 2.45) is 5.10 Å². The van der Waals surface area contributed by atoms with E-state index in [9.17, 15) is 4.79 Å². The molecule has 5 heteroatoms. The quantitative estimate of drug-likeness (QED) is 0.369. The van der Waals surface area contributed by atoms with Crippen LogP contribution in [-0.2, 0) is 4.79 Å². The van der Waals surface area contributed by atoms with Gasteiger partial charge in [0.1, 0.15) is 6.04 Å². The van der Waals surface area contributed by atoms with Crippen molar-refractivity contribution in [2.75, 3.05) is 5.32 Å². The van der Waals surface area contributed by atoms with E-state index in [0.29, 0.717) is 0 Å². The number of hydrogen-bond donors (Lipinski definition) is 3. The standard InChI is InChI=1S/C22H20N4O/c1-15(25-19-11-10-16-6-2-3-7-17(16)12-19)22(27)26-24-14-18-13-23-21-9-5-4-8-20(18)21/h2-15,23,25H,1H3,(H,26,27)/b24-14+/t15-/m1/s1. The minimum Gasteiger partial charge on any atom is -0.374 e. The van der Waals surface area contributed by atoms with E-state index in [1.165, 1.54) is 5.39 Å². The first-order valence-electron chi connectivity index (χ1n) is 8.85. The first-order valence-corrected chi connectivity index (χ1v) is 8.85. The smallest absolute Gasteiger partial charge is 0.262 e. The average Bonchev–Trinajstić information content (AvgIpc) is 3.11. The summed E-state index contributed by atoms with van der Waals surface area (Å²) in [6.07, 6.45) is 3.52. The monoisotopic (exact) mass is 356 g/mol. The van der Waals surface area contributed by atoms with Gasteiger partial charge in [-0.05, 0) is 35.9 Å². The number of hydrazone groups is 1. The molecular weight excluding hydrogens is 336 g/mol. The summed E-state index contributed by atoms with van der Waals surface area (Å²) in [7, 11) is 0. The Kier molecular flexibility index (Phi) is 4.58. The van der Waals surface area contributed by atoms with Gasteiger partial charge in [-0.3, -0.25) is 4.79 Å². The topological polar surface area (TPSA) is 69.3 Å². The van der Waals surface area contributed by atoms with Crippen molar-refractivity contribution in [3.63, 3.8) is 0 Å². The first kappa shape index (κ1) is 16.8. The zero-order valence-corrected chi connectivity index (χ0v) is 14.9. The van der Waals surface area contributed by atoms with Gasteiger partial charge in [-0.25, -0.2) is 5.43 Å². The molecule has 1 amide bonds. The number of amides is 1. The van der Waals surface area contributed by atoms with Crippen LogP contribution in [0.15, 0.2) is 78.0 Å². The number of nitrogens with one attached hydrogen (secondary N) is 3. The summed E-state index contributed by atoms with van der Waals surface area (Å²) in [4.78, 5) is 15.5. The number of anilines is 1. The highest BCUT2D eigenvalue weighted by Crippen LogP contribution is 2.19. The number of benzene rings is 3. The van der Waals surface area contributed by atoms with Crippen molar-refractivity contribution < 1.29 is 4.79 Å². The molecule has 3 aromatic carbocycles. The second-order valence-corrected chi connectivity index (χ2v) is 6.45. The molecule has 5 nitrogen and oxygen atoms in total. The maximum absolute atomic E-state index is 12.3. The van der Waals surface area contributed by atoms with E-state index in [1.54, 1.807) is 6.21 Å². The molecular formula is C22H20N4O. The van der Waals surface area contributed by atoms with Gasteiger partial charge >= 0.3 is 0 Å². The molecule has 27 heavy (non-hydrogen) atoms. The molecule has 4 aromatic rings. The van der Waals surface area contributed by atoms with Gasteiger partial charge in [-0.2, -0.15) is 5.10 Å². The minimum atomic E-state index is -0.411. The number of hydrogen-bond acceptors (Lipinski definition) is 3. The molecule has 0 aliphatic heterocycles. The Bertz CT molecular complexity index is 1130. The second kappa shape index (κ2) is 7.33. The molecule has 0 aliphatic carbocycles. The number of H-pyrrole nitrogens is 1. The summed E-state index contributed by atoms with van der Waals surface area (Å²) >= 11 is 0. The van der Waals surface area contributed by atoms with Crippen LogP contribution in [0.5, 0.6) is 0 Å². The predicted octanol–water partition coefficient (Wildman–Crippen LogP) is 4.27. The Balaban J connectivity index is 1.40. The Morgan fingerprint density at radius 2 is 1.81 bits per heavy atom.